The van der Waals surface area contributed by atoms with Crippen molar-refractivity contribution >= 4 is 29.9 Å². The highest BCUT2D eigenvalue weighted by Crippen LogP contribution is 2.28. The van der Waals surface area contributed by atoms with Crippen LogP contribution in [0.5, 0.6) is 0 Å². The maximum Gasteiger partial charge on any atom is 0.193 e. The molecule has 0 aliphatic heterocycles. The molecule has 1 fully saturated rings. The summed E-state index contributed by atoms with van der Waals surface area (Å²) in [7, 11) is 3.86. The van der Waals surface area contributed by atoms with E-state index in [0.717, 1.165) is 48.7 Å². The lowest BCUT2D eigenvalue weighted by molar-refractivity contribution is 0.115. The third-order valence-corrected chi connectivity index (χ3v) is 5.06. The third-order valence-electron chi connectivity index (χ3n) is 5.06. The first-order valence-electron chi connectivity index (χ1n) is 9.70. The summed E-state index contributed by atoms with van der Waals surface area (Å²) in [5, 5.41) is 8.18. The first-order chi connectivity index (χ1) is 13.1. The lowest BCUT2D eigenvalue weighted by Gasteiger charge is -2.22. The van der Waals surface area contributed by atoms with E-state index in [1.54, 1.807) is 0 Å². The zero-order chi connectivity index (χ0) is 19.2. The number of benzene rings is 1. The van der Waals surface area contributed by atoms with Gasteiger partial charge in [-0.05, 0) is 44.7 Å². The van der Waals surface area contributed by atoms with Crippen LogP contribution in [-0.2, 0) is 11.3 Å². The third kappa shape index (κ3) is 5.94. The quantitative estimate of drug-likeness (QED) is 0.263. The number of aryl methyl sites for hydroxylation is 1. The molecule has 0 unspecified atom stereocenters. The molecule has 0 radical (unpaired) electrons. The van der Waals surface area contributed by atoms with Crippen LogP contribution in [0.1, 0.15) is 29.8 Å². The van der Waals surface area contributed by atoms with Gasteiger partial charge in [0.15, 0.2) is 5.96 Å². The number of nitrogens with zero attached hydrogens (tertiary/aromatic N) is 4. The van der Waals surface area contributed by atoms with Crippen molar-refractivity contribution in [1.82, 2.24) is 20.0 Å². The highest BCUT2D eigenvalue weighted by Gasteiger charge is 2.21. The molecular formula is C21H32IN5O. The van der Waals surface area contributed by atoms with Gasteiger partial charge in [-0.2, -0.15) is 5.10 Å². The fourth-order valence-corrected chi connectivity index (χ4v) is 3.15. The number of rotatable bonds is 8. The van der Waals surface area contributed by atoms with Gasteiger partial charge in [0.2, 0.25) is 0 Å². The molecule has 1 N–H and O–H groups in total. The van der Waals surface area contributed by atoms with E-state index in [1.807, 2.05) is 37.0 Å². The number of likely N-dealkylation sites (N-methyl/N-ethyl adjacent to an activating group) is 1. The van der Waals surface area contributed by atoms with Crippen molar-refractivity contribution in [3.63, 3.8) is 0 Å². The van der Waals surface area contributed by atoms with E-state index < -0.39 is 0 Å². The van der Waals surface area contributed by atoms with Crippen molar-refractivity contribution in [2.24, 2.45) is 10.9 Å². The number of hydrogen-bond donors (Lipinski definition) is 1. The maximum atomic E-state index is 5.74. The SMILES string of the molecule is CN=C(NCc1c(C)nn(-c2ccccc2)c1C)N(C)CCOCC1CC1.I. The molecule has 1 heterocycles. The molecule has 1 saturated carbocycles. The second-order valence-corrected chi connectivity index (χ2v) is 7.24. The predicted molar refractivity (Wildman–Crippen MR) is 125 cm³/mol. The minimum atomic E-state index is 0. The number of para-hydroxylation sites is 1. The van der Waals surface area contributed by atoms with E-state index in [0.29, 0.717) is 6.54 Å². The van der Waals surface area contributed by atoms with E-state index in [2.05, 4.69) is 41.2 Å². The van der Waals surface area contributed by atoms with E-state index in [4.69, 9.17) is 9.84 Å². The second kappa shape index (κ2) is 10.8. The first kappa shape index (κ1) is 22.7. The summed E-state index contributed by atoms with van der Waals surface area (Å²) < 4.78 is 7.74. The number of hydrogen-bond acceptors (Lipinski definition) is 3. The minimum absolute atomic E-state index is 0. The lowest BCUT2D eigenvalue weighted by Crippen LogP contribution is -2.40. The van der Waals surface area contributed by atoms with Crippen LogP contribution in [0.3, 0.4) is 0 Å². The van der Waals surface area contributed by atoms with E-state index in [1.165, 1.54) is 18.4 Å². The summed E-state index contributed by atoms with van der Waals surface area (Å²) >= 11 is 0. The van der Waals surface area contributed by atoms with Gasteiger partial charge < -0.3 is 15.0 Å². The lowest BCUT2D eigenvalue weighted by atomic mass is 10.2. The Balaban J connectivity index is 0.00000280. The zero-order valence-corrected chi connectivity index (χ0v) is 19.6. The number of aromatic nitrogens is 2. The summed E-state index contributed by atoms with van der Waals surface area (Å²) in [6.07, 6.45) is 2.66. The van der Waals surface area contributed by atoms with Gasteiger partial charge in [0.25, 0.3) is 0 Å². The van der Waals surface area contributed by atoms with Crippen LogP contribution in [0.4, 0.5) is 0 Å². The van der Waals surface area contributed by atoms with Crippen molar-refractivity contribution in [1.29, 1.82) is 0 Å². The summed E-state index contributed by atoms with van der Waals surface area (Å²) in [6, 6.07) is 10.2. The molecule has 0 amide bonds. The van der Waals surface area contributed by atoms with Crippen molar-refractivity contribution in [2.45, 2.75) is 33.2 Å². The van der Waals surface area contributed by atoms with Crippen molar-refractivity contribution in [3.05, 3.63) is 47.3 Å². The van der Waals surface area contributed by atoms with Crippen molar-refractivity contribution in [2.75, 3.05) is 33.9 Å². The molecule has 7 heteroatoms. The molecule has 1 aromatic carbocycles. The number of aliphatic imine (C=N–C) groups is 1. The van der Waals surface area contributed by atoms with Crippen LogP contribution >= 0.6 is 24.0 Å². The van der Waals surface area contributed by atoms with Gasteiger partial charge >= 0.3 is 0 Å². The first-order valence-corrected chi connectivity index (χ1v) is 9.70. The molecule has 0 atom stereocenters. The predicted octanol–water partition coefficient (Wildman–Crippen LogP) is 3.54. The molecule has 1 aliphatic rings. The van der Waals surface area contributed by atoms with Gasteiger partial charge in [-0.1, -0.05) is 18.2 Å². The van der Waals surface area contributed by atoms with Crippen LogP contribution in [0.2, 0.25) is 0 Å². The van der Waals surface area contributed by atoms with E-state index in [9.17, 15) is 0 Å². The van der Waals surface area contributed by atoms with Gasteiger partial charge in [-0.15, -0.1) is 24.0 Å². The molecule has 0 spiro atoms. The Morgan fingerprint density at radius 3 is 2.64 bits per heavy atom. The highest BCUT2D eigenvalue weighted by atomic mass is 127. The summed E-state index contributed by atoms with van der Waals surface area (Å²) in [6.45, 7) is 7.33. The van der Waals surface area contributed by atoms with Gasteiger partial charge in [0.05, 0.1) is 18.0 Å². The fraction of sp³-hybridized carbons (Fsp3) is 0.524. The topological polar surface area (TPSA) is 54.7 Å². The Hall–Kier alpha value is -1.61. The van der Waals surface area contributed by atoms with Gasteiger partial charge in [-0.3, -0.25) is 4.99 Å². The number of halogens is 1. The molecule has 3 rings (SSSR count). The highest BCUT2D eigenvalue weighted by molar-refractivity contribution is 14.0. The Bertz CT molecular complexity index is 771. The molecule has 2 aromatic rings. The Morgan fingerprint density at radius 1 is 1.29 bits per heavy atom. The molecule has 154 valence electrons. The Labute approximate surface area is 185 Å². The van der Waals surface area contributed by atoms with Gasteiger partial charge in [0.1, 0.15) is 0 Å². The Morgan fingerprint density at radius 2 is 2.00 bits per heavy atom. The minimum Gasteiger partial charge on any atom is -0.379 e. The zero-order valence-electron chi connectivity index (χ0n) is 17.3. The standard InChI is InChI=1S/C21H31N5O.HI/c1-16-20(17(2)26(24-16)19-8-6-5-7-9-19)14-23-21(22-3)25(4)12-13-27-15-18-10-11-18;/h5-9,18H,10-15H2,1-4H3,(H,22,23);1H. The smallest absolute Gasteiger partial charge is 0.193 e. The van der Waals surface area contributed by atoms with E-state index >= 15 is 0 Å². The van der Waals surface area contributed by atoms with Gasteiger partial charge in [0, 0.05) is 45.0 Å². The molecule has 1 aromatic heterocycles. The molecule has 1 aliphatic carbocycles. The normalized spacial score (nSPS) is 13.9. The average Bonchev–Trinajstić information content (AvgIpc) is 3.46. The molecule has 28 heavy (non-hydrogen) atoms. The molecular weight excluding hydrogens is 465 g/mol. The van der Waals surface area contributed by atoms with Crippen LogP contribution in [0, 0.1) is 19.8 Å². The summed E-state index contributed by atoms with van der Waals surface area (Å²) in [5.74, 6) is 1.68. The van der Waals surface area contributed by atoms with Crippen LogP contribution in [-0.4, -0.2) is 54.5 Å². The van der Waals surface area contributed by atoms with Crippen molar-refractivity contribution in [3.8, 4) is 5.69 Å². The average molecular weight is 497 g/mol. The number of guanidine groups is 1. The van der Waals surface area contributed by atoms with Crippen LogP contribution in [0.15, 0.2) is 35.3 Å². The van der Waals surface area contributed by atoms with E-state index in [-0.39, 0.29) is 24.0 Å². The molecule has 0 bridgehead atoms. The number of nitrogens with one attached hydrogen (secondary N) is 1. The molecule has 0 saturated heterocycles. The summed E-state index contributed by atoms with van der Waals surface area (Å²) in [5.41, 5.74) is 4.48. The van der Waals surface area contributed by atoms with Gasteiger partial charge in [-0.25, -0.2) is 4.68 Å². The second-order valence-electron chi connectivity index (χ2n) is 7.24. The number of ether oxygens (including phenoxy) is 1. The fourth-order valence-electron chi connectivity index (χ4n) is 3.15. The largest absolute Gasteiger partial charge is 0.379 e. The maximum absolute atomic E-state index is 5.74. The summed E-state index contributed by atoms with van der Waals surface area (Å²) in [4.78, 5) is 6.51. The van der Waals surface area contributed by atoms with Crippen molar-refractivity contribution < 1.29 is 4.74 Å². The van der Waals surface area contributed by atoms with Crippen LogP contribution < -0.4 is 5.32 Å². The van der Waals surface area contributed by atoms with Crippen LogP contribution in [0.25, 0.3) is 5.69 Å². The monoisotopic (exact) mass is 497 g/mol. The Kier molecular flexibility index (Phi) is 8.75. The molecule has 6 nitrogen and oxygen atoms in total.